The van der Waals surface area contributed by atoms with Gasteiger partial charge in [0.05, 0.1) is 18.4 Å². The molecule has 1 aliphatic heterocycles. The fourth-order valence-corrected chi connectivity index (χ4v) is 3.96. The second kappa shape index (κ2) is 10.8. The number of amides is 1. The van der Waals surface area contributed by atoms with Crippen molar-refractivity contribution in [3.8, 4) is 28.8 Å². The Labute approximate surface area is 199 Å². The number of aromatic nitrogens is 2. The molecule has 1 fully saturated rings. The normalized spacial score (nSPS) is 15.7. The quantitative estimate of drug-likeness (QED) is 0.400. The Bertz CT molecular complexity index is 1220. The lowest BCUT2D eigenvalue weighted by Gasteiger charge is -2.10. The minimum Gasteiger partial charge on any atom is -0.494 e. The van der Waals surface area contributed by atoms with Crippen molar-refractivity contribution in [2.75, 3.05) is 19.8 Å². The van der Waals surface area contributed by atoms with Gasteiger partial charge in [-0.25, -0.2) is 4.68 Å². The molecule has 34 heavy (non-hydrogen) atoms. The van der Waals surface area contributed by atoms with Gasteiger partial charge in [-0.05, 0) is 68.7 Å². The van der Waals surface area contributed by atoms with E-state index < -0.39 is 5.91 Å². The van der Waals surface area contributed by atoms with Crippen LogP contribution in [0.15, 0.2) is 60.3 Å². The summed E-state index contributed by atoms with van der Waals surface area (Å²) in [4.78, 5) is 12.7. The topological polar surface area (TPSA) is 89.2 Å². The number of nitriles is 1. The van der Waals surface area contributed by atoms with Crippen LogP contribution in [0.1, 0.15) is 30.9 Å². The molecule has 4 rings (SSSR count). The number of hydrogen-bond acceptors (Lipinski definition) is 5. The van der Waals surface area contributed by atoms with Gasteiger partial charge in [0.2, 0.25) is 0 Å². The van der Waals surface area contributed by atoms with E-state index in [0.717, 1.165) is 35.4 Å². The largest absolute Gasteiger partial charge is 0.494 e. The van der Waals surface area contributed by atoms with E-state index in [1.54, 1.807) is 10.8 Å². The molecule has 1 saturated heterocycles. The monoisotopic (exact) mass is 456 g/mol. The molecule has 0 saturated carbocycles. The maximum atomic E-state index is 12.7. The number of ether oxygens (including phenoxy) is 2. The summed E-state index contributed by atoms with van der Waals surface area (Å²) < 4.78 is 13.0. The maximum absolute atomic E-state index is 12.7. The van der Waals surface area contributed by atoms with Crippen LogP contribution >= 0.6 is 0 Å². The minimum atomic E-state index is -0.417. The highest BCUT2D eigenvalue weighted by Gasteiger charge is 2.19. The summed E-state index contributed by atoms with van der Waals surface area (Å²) >= 11 is 0. The highest BCUT2D eigenvalue weighted by molar-refractivity contribution is 6.02. The highest BCUT2D eigenvalue weighted by Crippen LogP contribution is 2.30. The number of aryl methyl sites for hydroxylation is 1. The first-order valence-electron chi connectivity index (χ1n) is 11.5. The molecule has 1 N–H and O–H groups in total. The van der Waals surface area contributed by atoms with Crippen LogP contribution in [0.25, 0.3) is 23.0 Å². The van der Waals surface area contributed by atoms with E-state index in [9.17, 15) is 10.1 Å². The molecule has 1 aliphatic rings. The van der Waals surface area contributed by atoms with Crippen LogP contribution in [0.5, 0.6) is 5.75 Å². The van der Waals surface area contributed by atoms with Crippen LogP contribution in [0.2, 0.25) is 0 Å². The van der Waals surface area contributed by atoms with Crippen LogP contribution < -0.4 is 10.1 Å². The Morgan fingerprint density at radius 2 is 2.15 bits per heavy atom. The van der Waals surface area contributed by atoms with Gasteiger partial charge in [-0.1, -0.05) is 18.2 Å². The molecule has 7 heteroatoms. The molecule has 1 amide bonds. The van der Waals surface area contributed by atoms with Gasteiger partial charge in [0.25, 0.3) is 5.91 Å². The third kappa shape index (κ3) is 5.36. The average Bonchev–Trinajstić information content (AvgIpc) is 3.53. The number of benzene rings is 2. The van der Waals surface area contributed by atoms with Crippen molar-refractivity contribution in [2.24, 2.45) is 0 Å². The molecule has 0 spiro atoms. The standard InChI is InChI=1S/C27H28N4O3/c1-3-33-25-12-11-20(14-19(25)2)26-22(18-31(30-26)23-8-5-4-6-9-23)15-21(16-28)27(32)29-17-24-10-7-13-34-24/h4-6,8-9,11-12,14-15,18,24H,3,7,10,13,17H2,1-2H3,(H,29,32)/b21-15+/t24-/m1/s1. The molecule has 0 aliphatic carbocycles. The van der Waals surface area contributed by atoms with Crippen molar-refractivity contribution < 1.29 is 14.3 Å². The number of rotatable bonds is 8. The van der Waals surface area contributed by atoms with Gasteiger partial charge in [0, 0.05) is 30.5 Å². The van der Waals surface area contributed by atoms with Crippen molar-refractivity contribution >= 4 is 12.0 Å². The number of para-hydroxylation sites is 1. The molecule has 174 valence electrons. The first-order valence-corrected chi connectivity index (χ1v) is 11.5. The summed E-state index contributed by atoms with van der Waals surface area (Å²) in [7, 11) is 0. The molecular weight excluding hydrogens is 428 g/mol. The molecule has 3 aromatic rings. The van der Waals surface area contributed by atoms with Gasteiger partial charge in [-0.2, -0.15) is 10.4 Å². The van der Waals surface area contributed by atoms with E-state index in [1.807, 2.05) is 74.6 Å². The van der Waals surface area contributed by atoms with Gasteiger partial charge in [-0.15, -0.1) is 0 Å². The van der Waals surface area contributed by atoms with Gasteiger partial charge >= 0.3 is 0 Å². The van der Waals surface area contributed by atoms with E-state index in [1.165, 1.54) is 0 Å². The van der Waals surface area contributed by atoms with E-state index in [4.69, 9.17) is 14.6 Å². The molecule has 7 nitrogen and oxygen atoms in total. The number of hydrogen-bond donors (Lipinski definition) is 1. The molecule has 2 aromatic carbocycles. The lowest BCUT2D eigenvalue weighted by molar-refractivity contribution is -0.117. The van der Waals surface area contributed by atoms with Crippen molar-refractivity contribution in [2.45, 2.75) is 32.8 Å². The summed E-state index contributed by atoms with van der Waals surface area (Å²) in [5.74, 6) is 0.399. The number of nitrogens with one attached hydrogen (secondary N) is 1. The Morgan fingerprint density at radius 1 is 1.32 bits per heavy atom. The van der Waals surface area contributed by atoms with Crippen molar-refractivity contribution in [1.29, 1.82) is 5.26 Å². The third-order valence-corrected chi connectivity index (χ3v) is 5.69. The second-order valence-corrected chi connectivity index (χ2v) is 8.14. The SMILES string of the molecule is CCOc1ccc(-c2nn(-c3ccccc3)cc2/C=C(\C#N)C(=O)NC[C@H]2CCCO2)cc1C. The van der Waals surface area contributed by atoms with Crippen LogP contribution in [-0.4, -0.2) is 41.6 Å². The van der Waals surface area contributed by atoms with E-state index in [0.29, 0.717) is 31.0 Å². The molecule has 1 aromatic heterocycles. The van der Waals surface area contributed by atoms with Crippen molar-refractivity contribution in [1.82, 2.24) is 15.1 Å². The lowest BCUT2D eigenvalue weighted by Crippen LogP contribution is -2.32. The zero-order valence-corrected chi connectivity index (χ0v) is 19.5. The van der Waals surface area contributed by atoms with Crippen LogP contribution in [0.4, 0.5) is 0 Å². The Hall–Kier alpha value is -3.89. The van der Waals surface area contributed by atoms with Crippen LogP contribution in [-0.2, 0) is 9.53 Å². The zero-order valence-electron chi connectivity index (χ0n) is 19.5. The minimum absolute atomic E-state index is 0.00659. The summed E-state index contributed by atoms with van der Waals surface area (Å²) in [6, 6.07) is 17.6. The van der Waals surface area contributed by atoms with E-state index in [2.05, 4.69) is 5.32 Å². The van der Waals surface area contributed by atoms with Crippen LogP contribution in [0.3, 0.4) is 0 Å². The average molecular weight is 457 g/mol. The third-order valence-electron chi connectivity index (χ3n) is 5.69. The molecule has 2 heterocycles. The number of nitrogens with zero attached hydrogens (tertiary/aromatic N) is 3. The zero-order chi connectivity index (χ0) is 23.9. The van der Waals surface area contributed by atoms with E-state index in [-0.39, 0.29) is 11.7 Å². The van der Waals surface area contributed by atoms with Crippen molar-refractivity contribution in [3.63, 3.8) is 0 Å². The maximum Gasteiger partial charge on any atom is 0.262 e. The van der Waals surface area contributed by atoms with Gasteiger partial charge < -0.3 is 14.8 Å². The fraction of sp³-hybridized carbons (Fsp3) is 0.296. The lowest BCUT2D eigenvalue weighted by atomic mass is 10.0. The fourth-order valence-electron chi connectivity index (χ4n) is 3.96. The summed E-state index contributed by atoms with van der Waals surface area (Å²) in [6.07, 6.45) is 5.34. The predicted molar refractivity (Wildman–Crippen MR) is 130 cm³/mol. The van der Waals surface area contributed by atoms with Gasteiger partial charge in [0.1, 0.15) is 23.1 Å². The summed E-state index contributed by atoms with van der Waals surface area (Å²) in [5.41, 5.74) is 4.12. The van der Waals surface area contributed by atoms with Crippen LogP contribution in [0, 0.1) is 18.3 Å². The Balaban J connectivity index is 1.69. The van der Waals surface area contributed by atoms with Gasteiger partial charge in [0.15, 0.2) is 0 Å². The predicted octanol–water partition coefficient (Wildman–Crippen LogP) is 4.45. The number of carbonyl (C=O) groups excluding carboxylic acids is 1. The summed E-state index contributed by atoms with van der Waals surface area (Å²) in [5, 5.41) is 17.3. The Kier molecular flexibility index (Phi) is 7.41. The Morgan fingerprint density at radius 3 is 2.82 bits per heavy atom. The smallest absolute Gasteiger partial charge is 0.262 e. The molecular formula is C27H28N4O3. The van der Waals surface area contributed by atoms with Gasteiger partial charge in [-0.3, -0.25) is 4.79 Å². The second-order valence-electron chi connectivity index (χ2n) is 8.14. The highest BCUT2D eigenvalue weighted by atomic mass is 16.5. The molecule has 0 unspecified atom stereocenters. The molecule has 1 atom stereocenters. The number of carbonyl (C=O) groups is 1. The van der Waals surface area contributed by atoms with E-state index >= 15 is 0 Å². The summed E-state index contributed by atoms with van der Waals surface area (Å²) in [6.45, 7) is 5.63. The van der Waals surface area contributed by atoms with Crippen molar-refractivity contribution in [3.05, 3.63) is 71.4 Å². The molecule has 0 bridgehead atoms. The molecule has 0 radical (unpaired) electrons. The first-order chi connectivity index (χ1) is 16.6. The first kappa shape index (κ1) is 23.3.